The van der Waals surface area contributed by atoms with Gasteiger partial charge in [-0.05, 0) is 52.6 Å². The number of hydrogen-bond acceptors (Lipinski definition) is 3. The Kier molecular flexibility index (Phi) is 6.48. The average Bonchev–Trinajstić information content (AvgIpc) is 2.75. The van der Waals surface area contributed by atoms with Gasteiger partial charge < -0.3 is 4.90 Å². The summed E-state index contributed by atoms with van der Waals surface area (Å²) in [6.07, 6.45) is -1.30. The molecule has 3 nitrogen and oxygen atoms in total. The summed E-state index contributed by atoms with van der Waals surface area (Å²) in [4.78, 5) is 1.71. The number of hydrogen-bond donors (Lipinski definition) is 1. The molecule has 0 saturated heterocycles. The Balaban J connectivity index is 2.48. The highest BCUT2D eigenvalue weighted by atomic mass is 19.4. The van der Waals surface area contributed by atoms with Gasteiger partial charge >= 0.3 is 6.18 Å². The molecule has 0 bridgehead atoms. The number of rotatable bonds is 7. The maximum atomic E-state index is 12.2. The predicted octanol–water partition coefficient (Wildman–Crippen LogP) is 3.32. The Labute approximate surface area is 125 Å². The highest BCUT2D eigenvalue weighted by Gasteiger charge is 2.43. The molecule has 6 heteroatoms. The fourth-order valence-corrected chi connectivity index (χ4v) is 3.16. The van der Waals surface area contributed by atoms with Gasteiger partial charge in [0.2, 0.25) is 0 Å². The molecule has 0 aromatic heterocycles. The van der Waals surface area contributed by atoms with E-state index < -0.39 is 18.1 Å². The van der Waals surface area contributed by atoms with Gasteiger partial charge in [0, 0.05) is 12.6 Å². The Morgan fingerprint density at radius 1 is 1.38 bits per heavy atom. The summed E-state index contributed by atoms with van der Waals surface area (Å²) in [6, 6.07) is 2.66. The van der Waals surface area contributed by atoms with Gasteiger partial charge in [-0.3, -0.25) is 5.32 Å². The third-order valence-electron chi connectivity index (χ3n) is 4.20. The van der Waals surface area contributed by atoms with E-state index in [2.05, 4.69) is 11.4 Å². The lowest BCUT2D eigenvalue weighted by Gasteiger charge is -2.33. The standard InChI is InChI=1S/C15H26F3N3/c1-12(2)20-14(11-19)7-4-5-13(14)6-9-21(3)10-8-15(16,17)18/h12-13,20H,4-10H2,1-3H3. The van der Waals surface area contributed by atoms with Crippen molar-refractivity contribution in [2.24, 2.45) is 5.92 Å². The lowest BCUT2D eigenvalue weighted by molar-refractivity contribution is -0.137. The fraction of sp³-hybridized carbons (Fsp3) is 0.933. The maximum Gasteiger partial charge on any atom is 0.390 e. The average molecular weight is 305 g/mol. The topological polar surface area (TPSA) is 39.1 Å². The first-order valence-corrected chi connectivity index (χ1v) is 7.63. The smallest absolute Gasteiger partial charge is 0.306 e. The van der Waals surface area contributed by atoms with Crippen molar-refractivity contribution in [2.45, 2.75) is 63.7 Å². The van der Waals surface area contributed by atoms with Crippen molar-refractivity contribution >= 4 is 0 Å². The van der Waals surface area contributed by atoms with Gasteiger partial charge in [-0.2, -0.15) is 18.4 Å². The normalized spacial score (nSPS) is 26.5. The first-order valence-electron chi connectivity index (χ1n) is 7.63. The largest absolute Gasteiger partial charge is 0.390 e. The van der Waals surface area contributed by atoms with Crippen LogP contribution in [0.15, 0.2) is 0 Å². The van der Waals surface area contributed by atoms with E-state index in [1.165, 1.54) is 0 Å². The summed E-state index contributed by atoms with van der Waals surface area (Å²) in [5.41, 5.74) is -0.501. The van der Waals surface area contributed by atoms with Gasteiger partial charge in [0.05, 0.1) is 12.5 Å². The zero-order valence-electron chi connectivity index (χ0n) is 13.1. The van der Waals surface area contributed by atoms with Crippen LogP contribution < -0.4 is 5.32 Å². The Hall–Kier alpha value is -0.800. The van der Waals surface area contributed by atoms with Gasteiger partial charge in [0.25, 0.3) is 0 Å². The molecule has 0 radical (unpaired) electrons. The summed E-state index contributed by atoms with van der Waals surface area (Å²) < 4.78 is 36.6. The lowest BCUT2D eigenvalue weighted by Crippen LogP contribution is -2.50. The lowest BCUT2D eigenvalue weighted by atomic mass is 9.85. The molecule has 0 amide bonds. The minimum Gasteiger partial charge on any atom is -0.306 e. The Morgan fingerprint density at radius 3 is 2.57 bits per heavy atom. The molecule has 0 heterocycles. The molecule has 1 aliphatic carbocycles. The zero-order valence-corrected chi connectivity index (χ0v) is 13.1. The summed E-state index contributed by atoms with van der Waals surface area (Å²) >= 11 is 0. The first-order chi connectivity index (χ1) is 9.68. The second-order valence-corrected chi connectivity index (χ2v) is 6.43. The van der Waals surface area contributed by atoms with E-state index >= 15 is 0 Å². The number of alkyl halides is 3. The molecule has 2 atom stereocenters. The van der Waals surface area contributed by atoms with E-state index in [4.69, 9.17) is 0 Å². The second-order valence-electron chi connectivity index (χ2n) is 6.43. The minimum absolute atomic E-state index is 0.0212. The minimum atomic E-state index is -4.10. The highest BCUT2D eigenvalue weighted by Crippen LogP contribution is 2.38. The molecule has 0 spiro atoms. The van der Waals surface area contributed by atoms with Crippen LogP contribution in [-0.4, -0.2) is 42.8 Å². The summed E-state index contributed by atoms with van der Waals surface area (Å²) in [7, 11) is 1.71. The summed E-state index contributed by atoms with van der Waals surface area (Å²) in [6.45, 7) is 4.66. The van der Waals surface area contributed by atoms with Gasteiger partial charge in [-0.25, -0.2) is 0 Å². The molecule has 1 N–H and O–H groups in total. The predicted molar refractivity (Wildman–Crippen MR) is 76.7 cm³/mol. The van der Waals surface area contributed by atoms with Gasteiger partial charge in [0.15, 0.2) is 0 Å². The van der Waals surface area contributed by atoms with Gasteiger partial charge in [-0.15, -0.1) is 0 Å². The highest BCUT2D eigenvalue weighted by molar-refractivity contribution is 5.14. The molecule has 0 aromatic rings. The number of nitrogens with zero attached hydrogens (tertiary/aromatic N) is 2. The number of halogens is 3. The van der Waals surface area contributed by atoms with Crippen LogP contribution in [0.1, 0.15) is 46.0 Å². The Bertz CT molecular complexity index is 362. The van der Waals surface area contributed by atoms with Gasteiger partial charge in [-0.1, -0.05) is 6.42 Å². The van der Waals surface area contributed by atoms with Crippen molar-refractivity contribution in [3.05, 3.63) is 0 Å². The van der Waals surface area contributed by atoms with E-state index in [0.29, 0.717) is 6.54 Å². The molecule has 1 aliphatic rings. The number of nitriles is 1. The van der Waals surface area contributed by atoms with Crippen molar-refractivity contribution in [1.82, 2.24) is 10.2 Å². The molecule has 122 valence electrons. The molecule has 21 heavy (non-hydrogen) atoms. The van der Waals surface area contributed by atoms with Gasteiger partial charge in [0.1, 0.15) is 5.54 Å². The van der Waals surface area contributed by atoms with E-state index in [1.807, 2.05) is 13.8 Å². The SMILES string of the molecule is CC(C)NC1(C#N)CCCC1CCN(C)CCC(F)(F)F. The zero-order chi connectivity index (χ0) is 16.1. The molecule has 1 saturated carbocycles. The molecular formula is C15H26F3N3. The van der Waals surface area contributed by atoms with Crippen LogP contribution in [0.25, 0.3) is 0 Å². The Morgan fingerprint density at radius 2 is 2.05 bits per heavy atom. The second kappa shape index (κ2) is 7.46. The van der Waals surface area contributed by atoms with Crippen LogP contribution in [0.5, 0.6) is 0 Å². The van der Waals surface area contributed by atoms with Crippen molar-refractivity contribution in [2.75, 3.05) is 20.1 Å². The van der Waals surface area contributed by atoms with Crippen molar-refractivity contribution in [3.8, 4) is 6.07 Å². The van der Waals surface area contributed by atoms with Crippen LogP contribution >= 0.6 is 0 Å². The quantitative estimate of drug-likeness (QED) is 0.784. The maximum absolute atomic E-state index is 12.2. The molecule has 0 aromatic carbocycles. The third kappa shape index (κ3) is 5.84. The monoisotopic (exact) mass is 305 g/mol. The molecule has 1 fully saturated rings. The summed E-state index contributed by atoms with van der Waals surface area (Å²) in [5.74, 6) is 0.221. The fourth-order valence-electron chi connectivity index (χ4n) is 3.16. The molecular weight excluding hydrogens is 279 g/mol. The van der Waals surface area contributed by atoms with Crippen LogP contribution in [0, 0.1) is 17.2 Å². The van der Waals surface area contributed by atoms with Crippen LogP contribution in [-0.2, 0) is 0 Å². The van der Waals surface area contributed by atoms with Crippen molar-refractivity contribution in [3.63, 3.8) is 0 Å². The van der Waals surface area contributed by atoms with E-state index in [9.17, 15) is 18.4 Å². The molecule has 2 unspecified atom stereocenters. The molecule has 0 aliphatic heterocycles. The third-order valence-corrected chi connectivity index (χ3v) is 4.20. The van der Waals surface area contributed by atoms with Crippen LogP contribution in [0.4, 0.5) is 13.2 Å². The van der Waals surface area contributed by atoms with E-state index in [-0.39, 0.29) is 18.5 Å². The first kappa shape index (κ1) is 18.2. The van der Waals surface area contributed by atoms with Crippen molar-refractivity contribution < 1.29 is 13.2 Å². The van der Waals surface area contributed by atoms with Crippen LogP contribution in [0.2, 0.25) is 0 Å². The van der Waals surface area contributed by atoms with E-state index in [1.54, 1.807) is 11.9 Å². The summed E-state index contributed by atoms with van der Waals surface area (Å²) in [5, 5.41) is 12.9. The molecule has 1 rings (SSSR count). The number of nitrogens with one attached hydrogen (secondary N) is 1. The van der Waals surface area contributed by atoms with Crippen molar-refractivity contribution in [1.29, 1.82) is 5.26 Å². The van der Waals surface area contributed by atoms with Crippen LogP contribution in [0.3, 0.4) is 0 Å². The van der Waals surface area contributed by atoms with E-state index in [0.717, 1.165) is 25.7 Å².